The minimum Gasteiger partial charge on any atom is -0.361 e. The second kappa shape index (κ2) is 9.47. The number of nitrogens with one attached hydrogen (secondary N) is 1. The molecule has 152 valence electrons. The molecule has 6 heteroatoms. The molecule has 29 heavy (non-hydrogen) atoms. The molecule has 0 aliphatic rings. The van der Waals surface area contributed by atoms with Gasteiger partial charge in [0.05, 0.1) is 12.1 Å². The lowest BCUT2D eigenvalue weighted by molar-refractivity contribution is -0.120. The third-order valence-corrected chi connectivity index (χ3v) is 5.84. The SMILES string of the molecule is Cc1noc(C)c1CC(=O)NCC(c1ccc(Cl)cc1)C(C)c1ccc(Cl)cc1. The van der Waals surface area contributed by atoms with Crippen LogP contribution < -0.4 is 5.32 Å². The van der Waals surface area contributed by atoms with Gasteiger partial charge in [-0.3, -0.25) is 4.79 Å². The molecule has 0 saturated carbocycles. The van der Waals surface area contributed by atoms with Crippen LogP contribution in [-0.4, -0.2) is 17.6 Å². The summed E-state index contributed by atoms with van der Waals surface area (Å²) >= 11 is 12.1. The molecule has 0 bridgehead atoms. The fraction of sp³-hybridized carbons (Fsp3) is 0.304. The number of halogens is 2. The van der Waals surface area contributed by atoms with Gasteiger partial charge in [-0.25, -0.2) is 0 Å². The highest BCUT2D eigenvalue weighted by molar-refractivity contribution is 6.30. The Morgan fingerprint density at radius 3 is 2.07 bits per heavy atom. The van der Waals surface area contributed by atoms with Gasteiger partial charge in [0.1, 0.15) is 5.76 Å². The predicted octanol–water partition coefficient (Wildman–Crippen LogP) is 5.84. The van der Waals surface area contributed by atoms with Gasteiger partial charge in [0.25, 0.3) is 0 Å². The molecule has 0 radical (unpaired) electrons. The molecular weight excluding hydrogens is 407 g/mol. The highest BCUT2D eigenvalue weighted by Gasteiger charge is 2.22. The van der Waals surface area contributed by atoms with E-state index in [0.717, 1.165) is 22.4 Å². The van der Waals surface area contributed by atoms with Gasteiger partial charge in [-0.1, -0.05) is 59.5 Å². The summed E-state index contributed by atoms with van der Waals surface area (Å²) in [4.78, 5) is 12.6. The monoisotopic (exact) mass is 430 g/mol. The van der Waals surface area contributed by atoms with Gasteiger partial charge in [-0.05, 0) is 55.2 Å². The Hall–Kier alpha value is -2.30. The maximum Gasteiger partial charge on any atom is 0.224 e. The number of benzene rings is 2. The number of carbonyl (C=O) groups is 1. The zero-order valence-electron chi connectivity index (χ0n) is 16.7. The summed E-state index contributed by atoms with van der Waals surface area (Å²) in [5.41, 5.74) is 3.88. The molecule has 0 saturated heterocycles. The Kier molecular flexibility index (Phi) is 6.99. The van der Waals surface area contributed by atoms with Crippen molar-refractivity contribution < 1.29 is 9.32 Å². The Balaban J connectivity index is 1.77. The normalized spacial score (nSPS) is 13.1. The average Bonchev–Trinajstić information content (AvgIpc) is 3.02. The van der Waals surface area contributed by atoms with Gasteiger partial charge in [-0.2, -0.15) is 0 Å². The quantitative estimate of drug-likeness (QED) is 0.511. The zero-order chi connectivity index (χ0) is 21.0. The molecule has 1 heterocycles. The number of hydrogen-bond acceptors (Lipinski definition) is 3. The summed E-state index contributed by atoms with van der Waals surface area (Å²) in [5, 5.41) is 8.39. The molecule has 1 aromatic heterocycles. The van der Waals surface area contributed by atoms with Crippen molar-refractivity contribution in [2.75, 3.05) is 6.54 Å². The number of nitrogens with zero attached hydrogens (tertiary/aromatic N) is 1. The maximum absolute atomic E-state index is 12.6. The van der Waals surface area contributed by atoms with Crippen LogP contribution in [-0.2, 0) is 11.2 Å². The Labute approximate surface area is 181 Å². The largest absolute Gasteiger partial charge is 0.361 e. The van der Waals surface area contributed by atoms with Crippen molar-refractivity contribution in [3.8, 4) is 0 Å². The van der Waals surface area contributed by atoms with Crippen LogP contribution >= 0.6 is 23.2 Å². The lowest BCUT2D eigenvalue weighted by Crippen LogP contribution is -2.31. The molecule has 0 aliphatic carbocycles. The van der Waals surface area contributed by atoms with Crippen LogP contribution in [0.1, 0.15) is 46.9 Å². The van der Waals surface area contributed by atoms with Crippen LogP contribution in [0.15, 0.2) is 53.1 Å². The van der Waals surface area contributed by atoms with Gasteiger partial charge in [0, 0.05) is 28.1 Å². The van der Waals surface area contributed by atoms with E-state index in [4.69, 9.17) is 27.7 Å². The summed E-state index contributed by atoms with van der Waals surface area (Å²) in [6.45, 7) is 6.33. The first-order chi connectivity index (χ1) is 13.8. The summed E-state index contributed by atoms with van der Waals surface area (Å²) in [6, 6.07) is 15.6. The molecular formula is C23H24Cl2N2O2. The number of rotatable bonds is 7. The van der Waals surface area contributed by atoms with Crippen molar-refractivity contribution >= 4 is 29.1 Å². The first-order valence-corrected chi connectivity index (χ1v) is 10.3. The molecule has 1 N–H and O–H groups in total. The van der Waals surface area contributed by atoms with Crippen LogP contribution in [0.25, 0.3) is 0 Å². The Bertz CT molecular complexity index is 946. The zero-order valence-corrected chi connectivity index (χ0v) is 18.2. The summed E-state index contributed by atoms with van der Waals surface area (Å²) in [5.74, 6) is 0.887. The van der Waals surface area contributed by atoms with Gasteiger partial charge in [0.15, 0.2) is 0 Å². The van der Waals surface area contributed by atoms with E-state index in [2.05, 4.69) is 17.4 Å². The highest BCUT2D eigenvalue weighted by atomic mass is 35.5. The van der Waals surface area contributed by atoms with E-state index < -0.39 is 0 Å². The van der Waals surface area contributed by atoms with Crippen molar-refractivity contribution in [1.82, 2.24) is 10.5 Å². The first kappa shape index (κ1) is 21.4. The van der Waals surface area contributed by atoms with E-state index in [1.54, 1.807) is 0 Å². The molecule has 4 nitrogen and oxygen atoms in total. The van der Waals surface area contributed by atoms with Gasteiger partial charge >= 0.3 is 0 Å². The topological polar surface area (TPSA) is 55.1 Å². The Morgan fingerprint density at radius 2 is 1.55 bits per heavy atom. The van der Waals surface area contributed by atoms with Crippen molar-refractivity contribution in [3.05, 3.63) is 86.7 Å². The van der Waals surface area contributed by atoms with Crippen LogP contribution in [0.5, 0.6) is 0 Å². The van der Waals surface area contributed by atoms with E-state index >= 15 is 0 Å². The minimum absolute atomic E-state index is 0.0540. The molecule has 2 atom stereocenters. The molecule has 3 rings (SSSR count). The van der Waals surface area contributed by atoms with E-state index in [1.165, 1.54) is 0 Å². The molecule has 0 aliphatic heterocycles. The number of aromatic nitrogens is 1. The van der Waals surface area contributed by atoms with E-state index in [9.17, 15) is 4.79 Å². The lowest BCUT2D eigenvalue weighted by atomic mass is 9.82. The summed E-state index contributed by atoms with van der Waals surface area (Å²) in [7, 11) is 0. The van der Waals surface area contributed by atoms with E-state index in [0.29, 0.717) is 22.4 Å². The Morgan fingerprint density at radius 1 is 1.00 bits per heavy atom. The summed E-state index contributed by atoms with van der Waals surface area (Å²) < 4.78 is 5.15. The van der Waals surface area contributed by atoms with Crippen LogP contribution in [0.2, 0.25) is 10.0 Å². The second-order valence-electron chi connectivity index (χ2n) is 7.28. The molecule has 2 aromatic carbocycles. The third-order valence-electron chi connectivity index (χ3n) is 5.34. The smallest absolute Gasteiger partial charge is 0.224 e. The van der Waals surface area contributed by atoms with E-state index in [1.807, 2.05) is 62.4 Å². The number of aryl methyl sites for hydroxylation is 2. The van der Waals surface area contributed by atoms with Crippen LogP contribution in [0.3, 0.4) is 0 Å². The van der Waals surface area contributed by atoms with Crippen molar-refractivity contribution in [2.24, 2.45) is 0 Å². The molecule has 1 amide bonds. The highest BCUT2D eigenvalue weighted by Crippen LogP contribution is 2.33. The number of carbonyl (C=O) groups excluding carboxylic acids is 1. The predicted molar refractivity (Wildman–Crippen MR) is 117 cm³/mol. The third kappa shape index (κ3) is 5.40. The number of hydrogen-bond donors (Lipinski definition) is 1. The number of amides is 1. The van der Waals surface area contributed by atoms with Crippen LogP contribution in [0, 0.1) is 13.8 Å². The fourth-order valence-corrected chi connectivity index (χ4v) is 3.75. The molecule has 3 aromatic rings. The maximum atomic E-state index is 12.6. The van der Waals surface area contributed by atoms with Crippen molar-refractivity contribution in [3.63, 3.8) is 0 Å². The first-order valence-electron chi connectivity index (χ1n) is 9.54. The molecule has 2 unspecified atom stereocenters. The van der Waals surface area contributed by atoms with Gasteiger partial charge in [-0.15, -0.1) is 0 Å². The fourth-order valence-electron chi connectivity index (χ4n) is 3.49. The molecule has 0 fully saturated rings. The standard InChI is InChI=1S/C23H24Cl2N2O2/c1-14(17-4-8-19(24)9-5-17)22(18-6-10-20(25)11-7-18)13-26-23(28)12-21-15(2)27-29-16(21)3/h4-11,14,22H,12-13H2,1-3H3,(H,26,28). The lowest BCUT2D eigenvalue weighted by Gasteiger charge is -2.25. The second-order valence-corrected chi connectivity index (χ2v) is 8.15. The van der Waals surface area contributed by atoms with Crippen molar-refractivity contribution in [2.45, 2.75) is 39.0 Å². The summed E-state index contributed by atoms with van der Waals surface area (Å²) in [6.07, 6.45) is 0.254. The van der Waals surface area contributed by atoms with Crippen molar-refractivity contribution in [1.29, 1.82) is 0 Å². The van der Waals surface area contributed by atoms with Crippen LogP contribution in [0.4, 0.5) is 0 Å². The minimum atomic E-state index is -0.0540. The van der Waals surface area contributed by atoms with Gasteiger partial charge in [0.2, 0.25) is 5.91 Å². The van der Waals surface area contributed by atoms with E-state index in [-0.39, 0.29) is 24.2 Å². The molecule has 0 spiro atoms. The van der Waals surface area contributed by atoms with Gasteiger partial charge < -0.3 is 9.84 Å². The average molecular weight is 431 g/mol.